The summed E-state index contributed by atoms with van der Waals surface area (Å²) in [6, 6.07) is 0. The van der Waals surface area contributed by atoms with Gasteiger partial charge in [0.1, 0.15) is 0 Å². The van der Waals surface area contributed by atoms with E-state index in [1.807, 2.05) is 6.92 Å². The molecule has 0 bridgehead atoms. The Bertz CT molecular complexity index is 704. The smallest absolute Gasteiger partial charge is 0.330 e. The zero-order chi connectivity index (χ0) is 15.7. The molecule has 2 N–H and O–H groups in total. The first-order valence-electron chi connectivity index (χ1n) is 6.06. The summed E-state index contributed by atoms with van der Waals surface area (Å²) in [5.41, 5.74) is 4.06. The van der Waals surface area contributed by atoms with Gasteiger partial charge in [0.2, 0.25) is 10.0 Å². The van der Waals surface area contributed by atoms with Crippen LogP contribution in [0.2, 0.25) is 0 Å². The van der Waals surface area contributed by atoms with Gasteiger partial charge in [-0.25, -0.2) is 17.5 Å². The van der Waals surface area contributed by atoms with Crippen LogP contribution < -0.4 is 17.0 Å². The quantitative estimate of drug-likeness (QED) is 0.697. The van der Waals surface area contributed by atoms with Crippen molar-refractivity contribution in [1.82, 2.24) is 13.4 Å². The van der Waals surface area contributed by atoms with Gasteiger partial charge in [-0.1, -0.05) is 6.92 Å². The number of hydrogen-bond donors (Lipinski definition) is 1. The maximum atomic E-state index is 12.4. The Morgan fingerprint density at radius 1 is 1.35 bits per heavy atom. The van der Waals surface area contributed by atoms with Crippen LogP contribution in [0.25, 0.3) is 0 Å². The third kappa shape index (κ3) is 3.00. The largest absolute Gasteiger partial charge is 0.330 e. The fourth-order valence-electron chi connectivity index (χ4n) is 1.73. The van der Waals surface area contributed by atoms with Gasteiger partial charge in [-0.15, -0.1) is 0 Å². The predicted octanol–water partition coefficient (Wildman–Crippen LogP) is -1.70. The van der Waals surface area contributed by atoms with E-state index in [0.29, 0.717) is 6.54 Å². The van der Waals surface area contributed by atoms with Crippen LogP contribution in [0.5, 0.6) is 0 Å². The number of hydrogen-bond acceptors (Lipinski definition) is 5. The molecule has 0 radical (unpaired) electrons. The Morgan fingerprint density at radius 3 is 2.40 bits per heavy atom. The summed E-state index contributed by atoms with van der Waals surface area (Å²) in [5, 5.41) is 0. The van der Waals surface area contributed by atoms with Crippen molar-refractivity contribution >= 4 is 10.0 Å². The van der Waals surface area contributed by atoms with Gasteiger partial charge in [-0.2, -0.15) is 0 Å². The summed E-state index contributed by atoms with van der Waals surface area (Å²) in [4.78, 5) is 23.1. The van der Waals surface area contributed by atoms with Gasteiger partial charge in [0, 0.05) is 33.9 Å². The standard InChI is InChI=1S/C11H20N4O4S/c1-8(5-12)6-14(3)20(18,19)9-7-13(2)11(17)15(4)10(9)16/h7-8H,5-6,12H2,1-4H3. The molecule has 0 aromatic carbocycles. The molecular formula is C11H20N4O4S. The Hall–Kier alpha value is -1.45. The molecule has 114 valence electrons. The lowest BCUT2D eigenvalue weighted by Crippen LogP contribution is -2.42. The van der Waals surface area contributed by atoms with E-state index in [2.05, 4.69) is 0 Å². The highest BCUT2D eigenvalue weighted by molar-refractivity contribution is 7.89. The van der Waals surface area contributed by atoms with E-state index >= 15 is 0 Å². The molecule has 9 heteroatoms. The second kappa shape index (κ2) is 5.90. The highest BCUT2D eigenvalue weighted by Gasteiger charge is 2.26. The zero-order valence-electron chi connectivity index (χ0n) is 12.0. The number of nitrogens with two attached hydrogens (primary N) is 1. The van der Waals surface area contributed by atoms with E-state index in [1.165, 1.54) is 21.1 Å². The van der Waals surface area contributed by atoms with Gasteiger partial charge in [-0.05, 0) is 12.5 Å². The average Bonchev–Trinajstić information content (AvgIpc) is 2.39. The van der Waals surface area contributed by atoms with Crippen molar-refractivity contribution in [3.63, 3.8) is 0 Å². The Morgan fingerprint density at radius 2 is 1.90 bits per heavy atom. The van der Waals surface area contributed by atoms with Crippen LogP contribution >= 0.6 is 0 Å². The van der Waals surface area contributed by atoms with Gasteiger partial charge in [0.05, 0.1) is 0 Å². The minimum absolute atomic E-state index is 0.0360. The van der Waals surface area contributed by atoms with Crippen molar-refractivity contribution in [2.75, 3.05) is 20.1 Å². The first-order chi connectivity index (χ1) is 9.12. The van der Waals surface area contributed by atoms with Gasteiger partial charge in [0.25, 0.3) is 5.56 Å². The van der Waals surface area contributed by atoms with Crippen LogP contribution in [0.4, 0.5) is 0 Å². The Balaban J connectivity index is 3.37. The molecule has 0 aliphatic heterocycles. The third-order valence-corrected chi connectivity index (χ3v) is 4.88. The summed E-state index contributed by atoms with van der Waals surface area (Å²) in [7, 11) is 0.0636. The van der Waals surface area contributed by atoms with Crippen LogP contribution in [0.3, 0.4) is 0 Å². The lowest BCUT2D eigenvalue weighted by Gasteiger charge is -2.20. The summed E-state index contributed by atoms with van der Waals surface area (Å²) in [6.45, 7) is 2.35. The molecule has 1 aromatic heterocycles. The highest BCUT2D eigenvalue weighted by Crippen LogP contribution is 2.10. The van der Waals surface area contributed by atoms with E-state index in [-0.39, 0.29) is 12.5 Å². The normalized spacial score (nSPS) is 13.7. The van der Waals surface area contributed by atoms with Gasteiger partial charge < -0.3 is 10.3 Å². The van der Waals surface area contributed by atoms with E-state index in [4.69, 9.17) is 5.73 Å². The molecule has 1 heterocycles. The monoisotopic (exact) mass is 304 g/mol. The molecule has 1 rings (SSSR count). The SMILES string of the molecule is CC(CN)CN(C)S(=O)(=O)c1cn(C)c(=O)n(C)c1=O. The molecule has 0 fully saturated rings. The predicted molar refractivity (Wildman–Crippen MR) is 75.0 cm³/mol. The number of aryl methyl sites for hydroxylation is 1. The Kier molecular flexibility index (Phi) is 4.90. The van der Waals surface area contributed by atoms with E-state index in [0.717, 1.165) is 19.6 Å². The maximum Gasteiger partial charge on any atom is 0.330 e. The van der Waals surface area contributed by atoms with Crippen molar-refractivity contribution in [3.8, 4) is 0 Å². The lowest BCUT2D eigenvalue weighted by atomic mass is 10.2. The molecule has 0 saturated heterocycles. The van der Waals surface area contributed by atoms with Crippen molar-refractivity contribution < 1.29 is 8.42 Å². The van der Waals surface area contributed by atoms with Gasteiger partial charge >= 0.3 is 5.69 Å². The van der Waals surface area contributed by atoms with Crippen LogP contribution in [-0.4, -0.2) is 42.0 Å². The molecule has 1 atom stereocenters. The molecular weight excluding hydrogens is 284 g/mol. The van der Waals surface area contributed by atoms with Crippen molar-refractivity contribution in [2.24, 2.45) is 25.7 Å². The van der Waals surface area contributed by atoms with Gasteiger partial charge in [0.15, 0.2) is 4.90 Å². The van der Waals surface area contributed by atoms with Crippen LogP contribution in [-0.2, 0) is 24.1 Å². The van der Waals surface area contributed by atoms with E-state index in [9.17, 15) is 18.0 Å². The summed E-state index contributed by atoms with van der Waals surface area (Å²) < 4.78 is 27.7. The number of aromatic nitrogens is 2. The molecule has 0 aliphatic rings. The van der Waals surface area contributed by atoms with Crippen LogP contribution in [0.15, 0.2) is 20.7 Å². The van der Waals surface area contributed by atoms with E-state index < -0.39 is 26.2 Å². The van der Waals surface area contributed by atoms with Gasteiger partial charge in [-0.3, -0.25) is 9.36 Å². The van der Waals surface area contributed by atoms with Crippen molar-refractivity contribution in [3.05, 3.63) is 27.0 Å². The summed E-state index contributed by atoms with van der Waals surface area (Å²) in [6.07, 6.45) is 1.05. The minimum Gasteiger partial charge on any atom is -0.330 e. The molecule has 0 amide bonds. The van der Waals surface area contributed by atoms with Crippen molar-refractivity contribution in [2.45, 2.75) is 11.8 Å². The van der Waals surface area contributed by atoms with Crippen molar-refractivity contribution in [1.29, 1.82) is 0 Å². The molecule has 1 unspecified atom stereocenters. The van der Waals surface area contributed by atoms with Crippen LogP contribution in [0, 0.1) is 5.92 Å². The summed E-state index contributed by atoms with van der Waals surface area (Å²) in [5.74, 6) is -0.0360. The second-order valence-electron chi connectivity index (χ2n) is 4.88. The zero-order valence-corrected chi connectivity index (χ0v) is 12.8. The maximum absolute atomic E-state index is 12.4. The number of nitrogens with zero attached hydrogens (tertiary/aromatic N) is 3. The fraction of sp³-hybridized carbons (Fsp3) is 0.636. The highest BCUT2D eigenvalue weighted by atomic mass is 32.2. The Labute approximate surface area is 117 Å². The topological polar surface area (TPSA) is 107 Å². The fourth-order valence-corrected chi connectivity index (χ4v) is 3.17. The third-order valence-electron chi connectivity index (χ3n) is 3.07. The molecule has 0 aliphatic carbocycles. The second-order valence-corrected chi connectivity index (χ2v) is 6.89. The minimum atomic E-state index is -3.95. The molecule has 1 aromatic rings. The number of sulfonamides is 1. The lowest BCUT2D eigenvalue weighted by molar-refractivity contribution is 0.403. The first kappa shape index (κ1) is 16.6. The van der Waals surface area contributed by atoms with Crippen LogP contribution in [0.1, 0.15) is 6.92 Å². The average molecular weight is 304 g/mol. The molecule has 20 heavy (non-hydrogen) atoms. The molecule has 8 nitrogen and oxygen atoms in total. The first-order valence-corrected chi connectivity index (χ1v) is 7.50. The molecule has 0 saturated carbocycles. The van der Waals surface area contributed by atoms with E-state index in [1.54, 1.807) is 0 Å². The molecule has 0 spiro atoms. The number of rotatable bonds is 5. The summed E-state index contributed by atoms with van der Waals surface area (Å²) >= 11 is 0.